The zero-order valence-corrected chi connectivity index (χ0v) is 11.4. The van der Waals surface area contributed by atoms with Crippen molar-refractivity contribution in [2.75, 3.05) is 0 Å². The minimum atomic E-state index is -2.55. The van der Waals surface area contributed by atoms with Gasteiger partial charge in [-0.1, -0.05) is 11.8 Å². The van der Waals surface area contributed by atoms with E-state index in [1.807, 2.05) is 0 Å². The van der Waals surface area contributed by atoms with Gasteiger partial charge in [0.1, 0.15) is 12.1 Å². The number of halogens is 2. The molecule has 2 heterocycles. The smallest absolute Gasteiger partial charge is 0.408 e. The molecule has 0 bridgehead atoms. The largest absolute Gasteiger partial charge is 0.444 e. The maximum atomic E-state index is 12.7. The summed E-state index contributed by atoms with van der Waals surface area (Å²) in [6, 6.07) is 3.16. The molecule has 0 unspecified atom stereocenters. The third-order valence-electron chi connectivity index (χ3n) is 3.65. The summed E-state index contributed by atoms with van der Waals surface area (Å²) in [4.78, 5) is 15.4. The Labute approximate surface area is 120 Å². The van der Waals surface area contributed by atoms with Crippen LogP contribution in [0.4, 0.5) is 13.6 Å². The van der Waals surface area contributed by atoms with Crippen molar-refractivity contribution in [3.8, 4) is 11.8 Å². The van der Waals surface area contributed by atoms with Gasteiger partial charge in [0.05, 0.1) is 5.69 Å². The van der Waals surface area contributed by atoms with Gasteiger partial charge in [0.25, 0.3) is 5.92 Å². The van der Waals surface area contributed by atoms with Crippen molar-refractivity contribution in [3.05, 3.63) is 29.6 Å². The van der Waals surface area contributed by atoms with E-state index in [-0.39, 0.29) is 30.9 Å². The fourth-order valence-electron chi connectivity index (χ4n) is 2.47. The van der Waals surface area contributed by atoms with Crippen LogP contribution >= 0.6 is 0 Å². The SMILES string of the molecule is C[C@H]1OC(=O)N[C@@H]1c1cc(C#CC2CC(F)(F)C2)ccn1. The number of hydrogen-bond acceptors (Lipinski definition) is 3. The van der Waals surface area contributed by atoms with E-state index in [4.69, 9.17) is 4.74 Å². The number of aromatic nitrogens is 1. The molecule has 1 saturated carbocycles. The van der Waals surface area contributed by atoms with Crippen molar-refractivity contribution in [1.29, 1.82) is 0 Å². The molecule has 1 aliphatic carbocycles. The lowest BCUT2D eigenvalue weighted by atomic mass is 9.82. The van der Waals surface area contributed by atoms with Crippen LogP contribution in [0.1, 0.15) is 37.1 Å². The standard InChI is InChI=1S/C15H14F2N2O2/c1-9-13(19-14(20)21-9)12-6-10(4-5-18-12)2-3-11-7-15(16,17)8-11/h4-6,9,11,13H,7-8H2,1H3,(H,19,20)/t9-,13+/m1/s1. The number of alkyl halides is 2. The molecule has 1 N–H and O–H groups in total. The first-order valence-electron chi connectivity index (χ1n) is 6.75. The molecule has 110 valence electrons. The summed E-state index contributed by atoms with van der Waals surface area (Å²) in [5.74, 6) is 2.95. The lowest BCUT2D eigenvalue weighted by molar-refractivity contribution is -0.0936. The number of amides is 1. The second kappa shape index (κ2) is 4.99. The Balaban J connectivity index is 1.72. The maximum absolute atomic E-state index is 12.7. The Morgan fingerprint density at radius 1 is 1.48 bits per heavy atom. The van der Waals surface area contributed by atoms with Crippen molar-refractivity contribution in [2.24, 2.45) is 5.92 Å². The molecular formula is C15H14F2N2O2. The van der Waals surface area contributed by atoms with Crippen molar-refractivity contribution in [1.82, 2.24) is 10.3 Å². The number of alkyl carbamates (subject to hydrolysis) is 1. The number of nitrogens with one attached hydrogen (secondary N) is 1. The van der Waals surface area contributed by atoms with Gasteiger partial charge in [0, 0.05) is 30.5 Å². The van der Waals surface area contributed by atoms with Gasteiger partial charge in [-0.2, -0.15) is 0 Å². The van der Waals surface area contributed by atoms with Crippen LogP contribution in [0.25, 0.3) is 0 Å². The molecule has 1 saturated heterocycles. The molecule has 2 fully saturated rings. The van der Waals surface area contributed by atoms with Gasteiger partial charge >= 0.3 is 6.09 Å². The second-order valence-electron chi connectivity index (χ2n) is 5.43. The Hall–Kier alpha value is -2.16. The summed E-state index contributed by atoms with van der Waals surface area (Å²) in [6.45, 7) is 1.78. The van der Waals surface area contributed by atoms with E-state index in [9.17, 15) is 13.6 Å². The fourth-order valence-corrected chi connectivity index (χ4v) is 2.47. The highest BCUT2D eigenvalue weighted by Crippen LogP contribution is 2.41. The molecule has 2 atom stereocenters. The Kier molecular flexibility index (Phi) is 3.28. The first kappa shape index (κ1) is 13.8. The minimum absolute atomic E-state index is 0.165. The van der Waals surface area contributed by atoms with Crippen LogP contribution in [-0.2, 0) is 4.74 Å². The van der Waals surface area contributed by atoms with Crippen LogP contribution in [0.5, 0.6) is 0 Å². The van der Waals surface area contributed by atoms with E-state index in [0.29, 0.717) is 11.3 Å². The molecule has 4 nitrogen and oxygen atoms in total. The third kappa shape index (κ3) is 2.97. The molecule has 1 amide bonds. The number of carbonyl (C=O) groups excluding carboxylic acids is 1. The molecule has 1 aromatic heterocycles. The first-order chi connectivity index (χ1) is 9.93. The molecular weight excluding hydrogens is 278 g/mol. The predicted molar refractivity (Wildman–Crippen MR) is 70.6 cm³/mol. The number of cyclic esters (lactones) is 1. The molecule has 3 rings (SSSR count). The fraction of sp³-hybridized carbons (Fsp3) is 0.467. The minimum Gasteiger partial charge on any atom is -0.444 e. The van der Waals surface area contributed by atoms with Crippen molar-refractivity contribution < 1.29 is 18.3 Å². The number of hydrogen-bond donors (Lipinski definition) is 1. The summed E-state index contributed by atoms with van der Waals surface area (Å²) < 4.78 is 30.5. The van der Waals surface area contributed by atoms with Crippen LogP contribution in [0, 0.1) is 17.8 Å². The van der Waals surface area contributed by atoms with Crippen LogP contribution in [0.15, 0.2) is 18.3 Å². The summed E-state index contributed by atoms with van der Waals surface area (Å²) in [5, 5.41) is 2.67. The van der Waals surface area contributed by atoms with Crippen LogP contribution in [0.2, 0.25) is 0 Å². The second-order valence-corrected chi connectivity index (χ2v) is 5.43. The molecule has 0 aromatic carbocycles. The van der Waals surface area contributed by atoms with Gasteiger partial charge in [0.2, 0.25) is 0 Å². The van der Waals surface area contributed by atoms with E-state index in [1.165, 1.54) is 0 Å². The van der Waals surface area contributed by atoms with Gasteiger partial charge in [0.15, 0.2) is 0 Å². The third-order valence-corrected chi connectivity index (χ3v) is 3.65. The van der Waals surface area contributed by atoms with E-state index in [1.54, 1.807) is 25.3 Å². The molecule has 1 aromatic rings. The van der Waals surface area contributed by atoms with E-state index >= 15 is 0 Å². The lowest BCUT2D eigenvalue weighted by Crippen LogP contribution is -2.34. The van der Waals surface area contributed by atoms with Gasteiger partial charge in [-0.25, -0.2) is 13.6 Å². The molecule has 21 heavy (non-hydrogen) atoms. The number of pyridine rings is 1. The molecule has 0 radical (unpaired) electrons. The normalized spacial score (nSPS) is 27.1. The van der Waals surface area contributed by atoms with Gasteiger partial charge < -0.3 is 10.1 Å². The molecule has 6 heteroatoms. The van der Waals surface area contributed by atoms with Crippen molar-refractivity contribution in [3.63, 3.8) is 0 Å². The van der Waals surface area contributed by atoms with E-state index in [2.05, 4.69) is 22.1 Å². The summed E-state index contributed by atoms with van der Waals surface area (Å²) in [6.07, 6.45) is 0.482. The van der Waals surface area contributed by atoms with Gasteiger partial charge in [-0.15, -0.1) is 0 Å². The van der Waals surface area contributed by atoms with E-state index < -0.39 is 12.0 Å². The van der Waals surface area contributed by atoms with E-state index in [0.717, 1.165) is 0 Å². The monoisotopic (exact) mass is 292 g/mol. The van der Waals surface area contributed by atoms with Crippen LogP contribution in [-0.4, -0.2) is 23.1 Å². The average molecular weight is 292 g/mol. The molecule has 1 aliphatic heterocycles. The summed E-state index contributed by atoms with van der Waals surface area (Å²) in [7, 11) is 0. The van der Waals surface area contributed by atoms with Gasteiger partial charge in [-0.3, -0.25) is 4.98 Å². The highest BCUT2D eigenvalue weighted by atomic mass is 19.3. The lowest BCUT2D eigenvalue weighted by Gasteiger charge is -2.31. The van der Waals surface area contributed by atoms with Crippen LogP contribution in [0.3, 0.4) is 0 Å². The zero-order valence-electron chi connectivity index (χ0n) is 11.4. The highest BCUT2D eigenvalue weighted by molar-refractivity contribution is 5.70. The molecule has 0 spiro atoms. The Morgan fingerprint density at radius 2 is 2.24 bits per heavy atom. The van der Waals surface area contributed by atoms with Gasteiger partial charge in [-0.05, 0) is 19.1 Å². The number of ether oxygens (including phenoxy) is 1. The summed E-state index contributed by atoms with van der Waals surface area (Å²) in [5.41, 5.74) is 1.35. The van der Waals surface area contributed by atoms with Crippen molar-refractivity contribution in [2.45, 2.75) is 37.8 Å². The zero-order chi connectivity index (χ0) is 15.0. The first-order valence-corrected chi connectivity index (χ1v) is 6.75. The van der Waals surface area contributed by atoms with Crippen molar-refractivity contribution >= 4 is 6.09 Å². The Morgan fingerprint density at radius 3 is 2.86 bits per heavy atom. The number of carbonyl (C=O) groups is 1. The maximum Gasteiger partial charge on any atom is 0.408 e. The number of nitrogens with zero attached hydrogens (tertiary/aromatic N) is 1. The highest BCUT2D eigenvalue weighted by Gasteiger charge is 2.44. The Bertz CT molecular complexity index is 628. The topological polar surface area (TPSA) is 51.2 Å². The predicted octanol–water partition coefficient (Wildman–Crippen LogP) is 2.65. The summed E-state index contributed by atoms with van der Waals surface area (Å²) >= 11 is 0. The number of rotatable bonds is 1. The molecule has 2 aliphatic rings. The van der Waals surface area contributed by atoms with Crippen LogP contribution < -0.4 is 5.32 Å². The average Bonchev–Trinajstić information content (AvgIpc) is 2.73. The quantitative estimate of drug-likeness (QED) is 0.810.